The van der Waals surface area contributed by atoms with E-state index in [1.807, 2.05) is 0 Å². The summed E-state index contributed by atoms with van der Waals surface area (Å²) in [6, 6.07) is 11.0. The SMILES string of the molecule is CCOC(=O)Cn1/c(=N/S(=O)(=O)c2ccc(OC)cc2)sc2cc(Cl)ccc21. The van der Waals surface area contributed by atoms with Crippen LogP contribution in [0.1, 0.15) is 6.92 Å². The minimum atomic E-state index is -3.99. The predicted molar refractivity (Wildman–Crippen MR) is 107 cm³/mol. The van der Waals surface area contributed by atoms with Gasteiger partial charge in [0, 0.05) is 5.02 Å². The molecular weight excluding hydrogens is 424 g/mol. The van der Waals surface area contributed by atoms with Gasteiger partial charge in [0.05, 0.1) is 28.8 Å². The zero-order valence-corrected chi connectivity index (χ0v) is 17.5. The van der Waals surface area contributed by atoms with E-state index in [1.54, 1.807) is 37.3 Å². The first-order valence-electron chi connectivity index (χ1n) is 8.23. The van der Waals surface area contributed by atoms with Crippen LogP contribution in [-0.2, 0) is 26.1 Å². The molecule has 0 N–H and O–H groups in total. The van der Waals surface area contributed by atoms with Crippen LogP contribution in [0.3, 0.4) is 0 Å². The van der Waals surface area contributed by atoms with E-state index in [2.05, 4.69) is 4.40 Å². The molecule has 0 saturated carbocycles. The summed E-state index contributed by atoms with van der Waals surface area (Å²) in [7, 11) is -2.50. The molecule has 0 aliphatic heterocycles. The average Bonchev–Trinajstić information content (AvgIpc) is 2.97. The van der Waals surface area contributed by atoms with Gasteiger partial charge in [0.2, 0.25) is 4.80 Å². The van der Waals surface area contributed by atoms with Crippen molar-refractivity contribution in [2.24, 2.45) is 4.40 Å². The minimum Gasteiger partial charge on any atom is -0.497 e. The second-order valence-corrected chi connectivity index (χ2v) is 8.68. The fourth-order valence-corrected chi connectivity index (χ4v) is 5.02. The van der Waals surface area contributed by atoms with Crippen LogP contribution in [0.2, 0.25) is 5.02 Å². The lowest BCUT2D eigenvalue weighted by atomic mass is 10.3. The fraction of sp³-hybridized carbons (Fsp3) is 0.222. The minimum absolute atomic E-state index is 0.0199. The highest BCUT2D eigenvalue weighted by Gasteiger charge is 2.17. The number of hydrogen-bond donors (Lipinski definition) is 0. The van der Waals surface area contributed by atoms with Gasteiger partial charge in [-0.2, -0.15) is 8.42 Å². The van der Waals surface area contributed by atoms with Crippen LogP contribution in [0.5, 0.6) is 5.75 Å². The maximum absolute atomic E-state index is 12.8. The number of nitrogens with zero attached hydrogens (tertiary/aromatic N) is 2. The molecule has 0 unspecified atom stereocenters. The number of carbonyl (C=O) groups excluding carboxylic acids is 1. The Labute approximate surface area is 170 Å². The first kappa shape index (κ1) is 20.4. The Bertz CT molecular complexity index is 1180. The van der Waals surface area contributed by atoms with Gasteiger partial charge >= 0.3 is 5.97 Å². The quantitative estimate of drug-likeness (QED) is 0.549. The lowest BCUT2D eigenvalue weighted by molar-refractivity contribution is -0.143. The molecule has 0 aliphatic carbocycles. The number of rotatable bonds is 6. The van der Waals surface area contributed by atoms with Crippen LogP contribution in [0.15, 0.2) is 51.8 Å². The van der Waals surface area contributed by atoms with E-state index in [4.69, 9.17) is 21.1 Å². The highest BCUT2D eigenvalue weighted by molar-refractivity contribution is 7.90. The van der Waals surface area contributed by atoms with Crippen molar-refractivity contribution in [3.05, 3.63) is 52.3 Å². The molecule has 3 aromatic rings. The zero-order valence-electron chi connectivity index (χ0n) is 15.1. The number of ether oxygens (including phenoxy) is 2. The molecule has 1 heterocycles. The molecule has 148 valence electrons. The van der Waals surface area contributed by atoms with Crippen LogP contribution in [0, 0.1) is 0 Å². The molecule has 0 bridgehead atoms. The maximum atomic E-state index is 12.8. The molecule has 1 aromatic heterocycles. The standard InChI is InChI=1S/C18H17ClN2O5S2/c1-3-26-17(22)11-21-15-9-4-12(19)10-16(15)27-18(21)20-28(23,24)14-7-5-13(25-2)6-8-14/h4-10H,3,11H2,1-2H3/b20-18-. The number of halogens is 1. The predicted octanol–water partition coefficient (Wildman–Crippen LogP) is 3.22. The number of methoxy groups -OCH3 is 1. The van der Waals surface area contributed by atoms with Crippen LogP contribution < -0.4 is 9.54 Å². The highest BCUT2D eigenvalue weighted by atomic mass is 35.5. The second-order valence-electron chi connectivity index (χ2n) is 5.63. The number of aromatic nitrogens is 1. The number of benzene rings is 2. The van der Waals surface area contributed by atoms with E-state index in [1.165, 1.54) is 23.8 Å². The molecule has 0 spiro atoms. The van der Waals surface area contributed by atoms with Crippen molar-refractivity contribution in [1.29, 1.82) is 0 Å². The molecule has 0 fully saturated rings. The summed E-state index contributed by atoms with van der Waals surface area (Å²) in [5, 5.41) is 0.501. The third-order valence-corrected chi connectivity index (χ3v) is 6.47. The van der Waals surface area contributed by atoms with Crippen LogP contribution in [0.4, 0.5) is 0 Å². The summed E-state index contributed by atoms with van der Waals surface area (Å²) in [5.41, 5.74) is 0.645. The van der Waals surface area contributed by atoms with Gasteiger partial charge in [-0.1, -0.05) is 22.9 Å². The average molecular weight is 441 g/mol. The summed E-state index contributed by atoms with van der Waals surface area (Å²) in [5.74, 6) is 0.0493. The number of hydrogen-bond acceptors (Lipinski definition) is 6. The van der Waals surface area contributed by atoms with Crippen molar-refractivity contribution >= 4 is 49.1 Å². The molecule has 0 aliphatic rings. The van der Waals surface area contributed by atoms with E-state index in [-0.39, 0.29) is 22.8 Å². The molecule has 10 heteroatoms. The Morgan fingerprint density at radius 2 is 1.93 bits per heavy atom. The van der Waals surface area contributed by atoms with Gasteiger partial charge in [-0.25, -0.2) is 0 Å². The summed E-state index contributed by atoms with van der Waals surface area (Å²) in [6.07, 6.45) is 0. The van der Waals surface area contributed by atoms with Crippen LogP contribution >= 0.6 is 22.9 Å². The third-order valence-electron chi connectivity index (χ3n) is 3.79. The Morgan fingerprint density at radius 1 is 1.21 bits per heavy atom. The molecule has 0 atom stereocenters. The van der Waals surface area contributed by atoms with Gasteiger partial charge < -0.3 is 14.0 Å². The molecule has 28 heavy (non-hydrogen) atoms. The molecule has 0 saturated heterocycles. The van der Waals surface area contributed by atoms with E-state index in [9.17, 15) is 13.2 Å². The Hall–Kier alpha value is -2.36. The highest BCUT2D eigenvalue weighted by Crippen LogP contribution is 2.23. The number of thiazole rings is 1. The Balaban J connectivity index is 2.15. The fourth-order valence-electron chi connectivity index (χ4n) is 2.51. The molecular formula is C18H17ClN2O5S2. The summed E-state index contributed by atoms with van der Waals surface area (Å²) in [6.45, 7) is 1.77. The number of carbonyl (C=O) groups is 1. The summed E-state index contributed by atoms with van der Waals surface area (Å²) in [4.78, 5) is 12.2. The van der Waals surface area contributed by atoms with Gasteiger partial charge in [0.15, 0.2) is 0 Å². The lowest BCUT2D eigenvalue weighted by Gasteiger charge is -2.05. The summed E-state index contributed by atoms with van der Waals surface area (Å²) >= 11 is 7.17. The topological polar surface area (TPSA) is 87.0 Å². The Morgan fingerprint density at radius 3 is 2.57 bits per heavy atom. The largest absolute Gasteiger partial charge is 0.497 e. The van der Waals surface area contributed by atoms with Crippen molar-refractivity contribution in [3.8, 4) is 5.75 Å². The lowest BCUT2D eigenvalue weighted by Crippen LogP contribution is -2.23. The number of fused-ring (bicyclic) bond motifs is 1. The van der Waals surface area contributed by atoms with Crippen molar-refractivity contribution in [3.63, 3.8) is 0 Å². The maximum Gasteiger partial charge on any atom is 0.326 e. The van der Waals surface area contributed by atoms with E-state index >= 15 is 0 Å². The van der Waals surface area contributed by atoms with Crippen LogP contribution in [0.25, 0.3) is 10.2 Å². The smallest absolute Gasteiger partial charge is 0.326 e. The second kappa shape index (κ2) is 8.34. The zero-order chi connectivity index (χ0) is 20.3. The molecule has 7 nitrogen and oxygen atoms in total. The molecule has 3 rings (SSSR count). The normalized spacial score (nSPS) is 12.3. The van der Waals surface area contributed by atoms with E-state index in [0.717, 1.165) is 11.3 Å². The number of sulfonamides is 1. The third kappa shape index (κ3) is 4.37. The monoisotopic (exact) mass is 440 g/mol. The first-order valence-corrected chi connectivity index (χ1v) is 10.9. The molecule has 2 aromatic carbocycles. The van der Waals surface area contributed by atoms with Gasteiger partial charge in [-0.05, 0) is 49.4 Å². The van der Waals surface area contributed by atoms with Gasteiger partial charge in [-0.15, -0.1) is 4.40 Å². The van der Waals surface area contributed by atoms with Crippen molar-refractivity contribution in [2.45, 2.75) is 18.4 Å². The Kier molecular flexibility index (Phi) is 6.07. The van der Waals surface area contributed by atoms with Crippen molar-refractivity contribution in [2.75, 3.05) is 13.7 Å². The van der Waals surface area contributed by atoms with Crippen molar-refractivity contribution < 1.29 is 22.7 Å². The van der Waals surface area contributed by atoms with Gasteiger partial charge in [0.25, 0.3) is 10.0 Å². The summed E-state index contributed by atoms with van der Waals surface area (Å²) < 4.78 is 41.7. The first-order chi connectivity index (χ1) is 13.3. The number of esters is 1. The molecule has 0 amide bonds. The van der Waals surface area contributed by atoms with Crippen molar-refractivity contribution in [1.82, 2.24) is 4.57 Å². The molecule has 0 radical (unpaired) electrons. The van der Waals surface area contributed by atoms with Gasteiger partial charge in [-0.3, -0.25) is 4.79 Å². The van der Waals surface area contributed by atoms with Gasteiger partial charge in [0.1, 0.15) is 12.3 Å². The van der Waals surface area contributed by atoms with E-state index < -0.39 is 16.0 Å². The van der Waals surface area contributed by atoms with Crippen LogP contribution in [-0.4, -0.2) is 32.7 Å². The van der Waals surface area contributed by atoms with E-state index in [0.29, 0.717) is 21.0 Å².